The van der Waals surface area contributed by atoms with Crippen molar-refractivity contribution in [3.63, 3.8) is 0 Å². The first-order chi connectivity index (χ1) is 13.2. The lowest BCUT2D eigenvalue weighted by Gasteiger charge is -2.42. The van der Waals surface area contributed by atoms with E-state index in [0.29, 0.717) is 12.6 Å². The average molecular weight is 410 g/mol. The number of thioether (sulfide) groups is 2. The maximum atomic E-state index is 12.9. The summed E-state index contributed by atoms with van der Waals surface area (Å²) in [6.45, 7) is 4.30. The zero-order valence-corrected chi connectivity index (χ0v) is 18.1. The fourth-order valence-corrected chi connectivity index (χ4v) is 6.67. The summed E-state index contributed by atoms with van der Waals surface area (Å²) < 4.78 is 10.9. The standard InChI is InChI=1S/C21H31NO3S2/c1-3-25-20(23)21(14-17-5-4-6-19(13-17)24-2)7-9-22(10-8-21)18-15-26-11-12-27-16-18/h4-6,13,18H,3,7-12,14-16H2,1-2H3. The van der Waals surface area contributed by atoms with Gasteiger partial charge in [-0.3, -0.25) is 9.69 Å². The van der Waals surface area contributed by atoms with Crippen LogP contribution in [0.2, 0.25) is 0 Å². The molecule has 2 fully saturated rings. The van der Waals surface area contributed by atoms with Crippen molar-refractivity contribution < 1.29 is 14.3 Å². The summed E-state index contributed by atoms with van der Waals surface area (Å²) >= 11 is 4.14. The lowest BCUT2D eigenvalue weighted by molar-refractivity contribution is -0.158. The molecule has 1 aromatic carbocycles. The molecule has 3 rings (SSSR count). The summed E-state index contributed by atoms with van der Waals surface area (Å²) in [7, 11) is 1.68. The highest BCUT2D eigenvalue weighted by atomic mass is 32.2. The first-order valence-electron chi connectivity index (χ1n) is 9.86. The second-order valence-corrected chi connectivity index (χ2v) is 9.67. The normalized spacial score (nSPS) is 21.4. The van der Waals surface area contributed by atoms with E-state index in [0.717, 1.165) is 43.7 Å². The van der Waals surface area contributed by atoms with Crippen LogP contribution >= 0.6 is 23.5 Å². The first-order valence-corrected chi connectivity index (χ1v) is 12.2. The summed E-state index contributed by atoms with van der Waals surface area (Å²) in [5, 5.41) is 0. The Morgan fingerprint density at radius 3 is 2.56 bits per heavy atom. The Morgan fingerprint density at radius 1 is 1.22 bits per heavy atom. The SMILES string of the molecule is CCOC(=O)C1(Cc2cccc(OC)c2)CCN(C2CSCCSC2)CC1. The number of benzene rings is 1. The van der Waals surface area contributed by atoms with Gasteiger partial charge in [-0.25, -0.2) is 0 Å². The van der Waals surface area contributed by atoms with Gasteiger partial charge in [0.25, 0.3) is 0 Å². The Morgan fingerprint density at radius 2 is 1.93 bits per heavy atom. The number of hydrogen-bond donors (Lipinski definition) is 0. The van der Waals surface area contributed by atoms with Crippen molar-refractivity contribution in [2.75, 3.05) is 49.8 Å². The van der Waals surface area contributed by atoms with E-state index in [4.69, 9.17) is 9.47 Å². The van der Waals surface area contributed by atoms with Crippen LogP contribution in [0.1, 0.15) is 25.3 Å². The lowest BCUT2D eigenvalue weighted by atomic mass is 9.73. The van der Waals surface area contributed by atoms with Crippen LogP contribution in [0.25, 0.3) is 0 Å². The second-order valence-electron chi connectivity index (χ2n) is 7.37. The Kier molecular flexibility index (Phi) is 7.79. The van der Waals surface area contributed by atoms with Crippen LogP contribution in [0.4, 0.5) is 0 Å². The highest BCUT2D eigenvalue weighted by Gasteiger charge is 2.43. The zero-order chi connectivity index (χ0) is 19.1. The molecule has 2 saturated heterocycles. The molecule has 0 amide bonds. The molecule has 150 valence electrons. The number of hydrogen-bond acceptors (Lipinski definition) is 6. The molecule has 1 aromatic rings. The summed E-state index contributed by atoms with van der Waals surface area (Å²) in [4.78, 5) is 15.5. The van der Waals surface area contributed by atoms with Crippen molar-refractivity contribution in [3.05, 3.63) is 29.8 Å². The van der Waals surface area contributed by atoms with Gasteiger partial charge in [-0.2, -0.15) is 23.5 Å². The Balaban J connectivity index is 1.71. The summed E-state index contributed by atoms with van der Waals surface area (Å²) in [6.07, 6.45) is 2.47. The van der Waals surface area contributed by atoms with E-state index in [2.05, 4.69) is 34.5 Å². The van der Waals surface area contributed by atoms with Gasteiger partial charge in [-0.1, -0.05) is 12.1 Å². The van der Waals surface area contributed by atoms with Gasteiger partial charge in [0.2, 0.25) is 0 Å². The number of rotatable bonds is 6. The molecule has 2 aliphatic heterocycles. The molecule has 0 radical (unpaired) electrons. The molecule has 4 nitrogen and oxygen atoms in total. The van der Waals surface area contributed by atoms with E-state index in [1.54, 1.807) is 7.11 Å². The predicted molar refractivity (Wildman–Crippen MR) is 115 cm³/mol. The van der Waals surface area contributed by atoms with Crippen LogP contribution < -0.4 is 4.74 Å². The van der Waals surface area contributed by atoms with Crippen LogP contribution in [0.5, 0.6) is 5.75 Å². The monoisotopic (exact) mass is 409 g/mol. The van der Waals surface area contributed by atoms with E-state index in [-0.39, 0.29) is 5.97 Å². The van der Waals surface area contributed by atoms with Gasteiger partial charge < -0.3 is 9.47 Å². The van der Waals surface area contributed by atoms with Crippen LogP contribution in [-0.2, 0) is 16.0 Å². The van der Waals surface area contributed by atoms with E-state index >= 15 is 0 Å². The van der Waals surface area contributed by atoms with Crippen molar-refractivity contribution in [1.29, 1.82) is 0 Å². The third-order valence-electron chi connectivity index (χ3n) is 5.65. The van der Waals surface area contributed by atoms with Gasteiger partial charge in [-0.15, -0.1) is 0 Å². The topological polar surface area (TPSA) is 38.8 Å². The number of carbonyl (C=O) groups is 1. The Hall–Kier alpha value is -0.850. The van der Waals surface area contributed by atoms with Gasteiger partial charge >= 0.3 is 5.97 Å². The quantitative estimate of drug-likeness (QED) is 0.667. The molecule has 0 aliphatic carbocycles. The fraction of sp³-hybridized carbons (Fsp3) is 0.667. The largest absolute Gasteiger partial charge is 0.497 e. The molecular formula is C21H31NO3S2. The molecule has 2 aliphatic rings. The molecule has 0 atom stereocenters. The number of likely N-dealkylation sites (tertiary alicyclic amines) is 1. The van der Waals surface area contributed by atoms with E-state index < -0.39 is 5.41 Å². The first kappa shape index (κ1) is 20.9. The molecule has 0 bridgehead atoms. The van der Waals surface area contributed by atoms with Gasteiger partial charge in [0.15, 0.2) is 0 Å². The minimum atomic E-state index is -0.413. The van der Waals surface area contributed by atoms with Crippen molar-refractivity contribution in [2.24, 2.45) is 5.41 Å². The Labute approximate surface area is 171 Å². The summed E-state index contributed by atoms with van der Waals surface area (Å²) in [6, 6.07) is 8.73. The van der Waals surface area contributed by atoms with Crippen molar-refractivity contribution in [1.82, 2.24) is 4.90 Å². The second kappa shape index (κ2) is 10.1. The van der Waals surface area contributed by atoms with E-state index in [1.165, 1.54) is 23.0 Å². The maximum absolute atomic E-state index is 12.9. The highest BCUT2D eigenvalue weighted by Crippen LogP contribution is 2.38. The van der Waals surface area contributed by atoms with E-state index in [1.807, 2.05) is 25.1 Å². The van der Waals surface area contributed by atoms with Crippen LogP contribution in [0.15, 0.2) is 24.3 Å². The van der Waals surface area contributed by atoms with Crippen molar-refractivity contribution >= 4 is 29.5 Å². The van der Waals surface area contributed by atoms with Gasteiger partial charge in [0, 0.05) is 29.1 Å². The summed E-state index contributed by atoms with van der Waals surface area (Å²) in [5.41, 5.74) is 0.737. The molecule has 27 heavy (non-hydrogen) atoms. The van der Waals surface area contributed by atoms with Crippen molar-refractivity contribution in [2.45, 2.75) is 32.2 Å². The molecule has 0 saturated carbocycles. The zero-order valence-electron chi connectivity index (χ0n) is 16.4. The number of nitrogens with zero attached hydrogens (tertiary/aromatic N) is 1. The van der Waals surface area contributed by atoms with E-state index in [9.17, 15) is 4.79 Å². The lowest BCUT2D eigenvalue weighted by Crippen LogP contribution is -2.50. The molecule has 0 N–H and O–H groups in total. The molecule has 6 heteroatoms. The van der Waals surface area contributed by atoms with Crippen LogP contribution in [0.3, 0.4) is 0 Å². The fourth-order valence-electron chi connectivity index (χ4n) is 4.04. The molecular weight excluding hydrogens is 378 g/mol. The number of methoxy groups -OCH3 is 1. The number of esters is 1. The third-order valence-corrected chi connectivity index (χ3v) is 8.13. The van der Waals surface area contributed by atoms with Gasteiger partial charge in [-0.05, 0) is 57.0 Å². The molecule has 0 aromatic heterocycles. The molecule has 0 unspecified atom stereocenters. The summed E-state index contributed by atoms with van der Waals surface area (Å²) in [5.74, 6) is 5.77. The number of piperidine rings is 1. The van der Waals surface area contributed by atoms with Gasteiger partial charge in [0.05, 0.1) is 19.1 Å². The predicted octanol–water partition coefficient (Wildman–Crippen LogP) is 3.73. The van der Waals surface area contributed by atoms with Crippen LogP contribution in [-0.4, -0.2) is 66.7 Å². The third kappa shape index (κ3) is 5.36. The smallest absolute Gasteiger partial charge is 0.312 e. The minimum Gasteiger partial charge on any atom is -0.497 e. The maximum Gasteiger partial charge on any atom is 0.312 e. The Bertz CT molecular complexity index is 609. The van der Waals surface area contributed by atoms with Crippen molar-refractivity contribution in [3.8, 4) is 5.75 Å². The number of ether oxygens (including phenoxy) is 2. The average Bonchev–Trinajstić information content (AvgIpc) is 2.98. The minimum absolute atomic E-state index is 0.0305. The molecule has 2 heterocycles. The van der Waals surface area contributed by atoms with Gasteiger partial charge in [0.1, 0.15) is 5.75 Å². The number of carbonyl (C=O) groups excluding carboxylic acids is 1. The highest BCUT2D eigenvalue weighted by molar-refractivity contribution is 8.03. The molecule has 0 spiro atoms. The van der Waals surface area contributed by atoms with Crippen LogP contribution in [0, 0.1) is 5.41 Å².